The minimum absolute atomic E-state index is 0.0191. The lowest BCUT2D eigenvalue weighted by atomic mass is 9.84. The minimum atomic E-state index is -3.38. The first kappa shape index (κ1) is 10.4. The third-order valence-electron chi connectivity index (χ3n) is 3.37. The molecule has 1 atom stereocenters. The molecule has 2 fully saturated rings. The molecule has 2 N–H and O–H groups in total. The monoisotopic (exact) mass is 219 g/mol. The highest BCUT2D eigenvalue weighted by Gasteiger charge is 2.42. The highest BCUT2D eigenvalue weighted by Crippen LogP contribution is 2.46. The van der Waals surface area contributed by atoms with Gasteiger partial charge < -0.3 is 4.74 Å². The van der Waals surface area contributed by atoms with E-state index >= 15 is 0 Å². The van der Waals surface area contributed by atoms with E-state index in [-0.39, 0.29) is 17.3 Å². The van der Waals surface area contributed by atoms with E-state index in [1.807, 2.05) is 0 Å². The first-order valence-electron chi connectivity index (χ1n) is 5.11. The molecular formula is C9H17NO3S. The molecule has 1 heterocycles. The second-order valence-electron chi connectivity index (χ2n) is 4.67. The van der Waals surface area contributed by atoms with Gasteiger partial charge in [0.25, 0.3) is 0 Å². The van der Waals surface area contributed by atoms with Crippen molar-refractivity contribution >= 4 is 10.0 Å². The Bertz CT molecular complexity index is 306. The summed E-state index contributed by atoms with van der Waals surface area (Å²) in [5, 5.41) is 4.99. The SMILES string of the molecule is NS(=O)(=O)CC1CC2(CCCC2)CO1. The van der Waals surface area contributed by atoms with Gasteiger partial charge in [0.2, 0.25) is 10.0 Å². The van der Waals surface area contributed by atoms with Crippen LogP contribution in [0.15, 0.2) is 0 Å². The number of nitrogens with two attached hydrogens (primary N) is 1. The van der Waals surface area contributed by atoms with Crippen molar-refractivity contribution in [1.82, 2.24) is 0 Å². The zero-order valence-electron chi connectivity index (χ0n) is 8.24. The molecule has 1 aliphatic heterocycles. The van der Waals surface area contributed by atoms with Crippen LogP contribution < -0.4 is 5.14 Å². The summed E-state index contributed by atoms with van der Waals surface area (Å²) in [6, 6.07) is 0. The van der Waals surface area contributed by atoms with Crippen LogP contribution in [-0.4, -0.2) is 26.9 Å². The summed E-state index contributed by atoms with van der Waals surface area (Å²) < 4.78 is 27.3. The van der Waals surface area contributed by atoms with Gasteiger partial charge in [-0.05, 0) is 24.7 Å². The van der Waals surface area contributed by atoms with Crippen LogP contribution in [0.3, 0.4) is 0 Å². The van der Waals surface area contributed by atoms with Crippen molar-refractivity contribution in [2.24, 2.45) is 10.6 Å². The van der Waals surface area contributed by atoms with Crippen molar-refractivity contribution in [3.63, 3.8) is 0 Å². The average molecular weight is 219 g/mol. The van der Waals surface area contributed by atoms with Gasteiger partial charge in [0, 0.05) is 0 Å². The molecule has 1 aliphatic carbocycles. The average Bonchev–Trinajstić information content (AvgIpc) is 2.60. The largest absolute Gasteiger partial charge is 0.377 e. The molecule has 2 aliphatic rings. The summed E-state index contributed by atoms with van der Waals surface area (Å²) in [6.45, 7) is 0.729. The van der Waals surface area contributed by atoms with E-state index in [0.29, 0.717) is 0 Å². The Morgan fingerprint density at radius 2 is 2.00 bits per heavy atom. The maximum absolute atomic E-state index is 10.9. The fourth-order valence-electron chi connectivity index (χ4n) is 2.74. The third kappa shape index (κ3) is 2.27. The maximum Gasteiger partial charge on any atom is 0.211 e. The molecule has 0 radical (unpaired) electrons. The number of rotatable bonds is 2. The van der Waals surface area contributed by atoms with Crippen molar-refractivity contribution in [3.8, 4) is 0 Å². The zero-order valence-corrected chi connectivity index (χ0v) is 9.05. The molecular weight excluding hydrogens is 202 g/mol. The molecule has 1 saturated heterocycles. The van der Waals surface area contributed by atoms with E-state index in [0.717, 1.165) is 13.0 Å². The number of primary sulfonamides is 1. The summed E-state index contributed by atoms with van der Waals surface area (Å²) in [5.41, 5.74) is 0.287. The summed E-state index contributed by atoms with van der Waals surface area (Å²) in [7, 11) is -3.38. The van der Waals surface area contributed by atoms with E-state index in [1.165, 1.54) is 25.7 Å². The Morgan fingerprint density at radius 1 is 1.36 bits per heavy atom. The normalized spacial score (nSPS) is 31.4. The lowest BCUT2D eigenvalue weighted by Crippen LogP contribution is -2.26. The first-order valence-corrected chi connectivity index (χ1v) is 6.83. The van der Waals surface area contributed by atoms with Gasteiger partial charge in [0.15, 0.2) is 0 Å². The molecule has 14 heavy (non-hydrogen) atoms. The van der Waals surface area contributed by atoms with Crippen molar-refractivity contribution < 1.29 is 13.2 Å². The van der Waals surface area contributed by atoms with Crippen LogP contribution in [0.1, 0.15) is 32.1 Å². The van der Waals surface area contributed by atoms with E-state index in [4.69, 9.17) is 9.88 Å². The van der Waals surface area contributed by atoms with Crippen LogP contribution >= 0.6 is 0 Å². The lowest BCUT2D eigenvalue weighted by Gasteiger charge is -2.19. The highest BCUT2D eigenvalue weighted by atomic mass is 32.2. The van der Waals surface area contributed by atoms with Crippen LogP contribution in [0.4, 0.5) is 0 Å². The van der Waals surface area contributed by atoms with Crippen LogP contribution in [0, 0.1) is 5.41 Å². The van der Waals surface area contributed by atoms with Gasteiger partial charge in [0.1, 0.15) is 0 Å². The molecule has 2 rings (SSSR count). The molecule has 1 unspecified atom stereocenters. The van der Waals surface area contributed by atoms with Gasteiger partial charge in [-0.1, -0.05) is 12.8 Å². The zero-order chi connectivity index (χ0) is 10.2. The predicted molar refractivity (Wildman–Crippen MR) is 53.2 cm³/mol. The Morgan fingerprint density at radius 3 is 2.57 bits per heavy atom. The molecule has 1 spiro atoms. The second-order valence-corrected chi connectivity index (χ2v) is 6.33. The molecule has 82 valence electrons. The maximum atomic E-state index is 10.9. The highest BCUT2D eigenvalue weighted by molar-refractivity contribution is 7.89. The fourth-order valence-corrected chi connectivity index (χ4v) is 3.47. The van der Waals surface area contributed by atoms with Crippen LogP contribution in [0.5, 0.6) is 0 Å². The topological polar surface area (TPSA) is 69.4 Å². The minimum Gasteiger partial charge on any atom is -0.377 e. The fraction of sp³-hybridized carbons (Fsp3) is 1.00. The van der Waals surface area contributed by atoms with Crippen molar-refractivity contribution in [3.05, 3.63) is 0 Å². The van der Waals surface area contributed by atoms with Crippen LogP contribution in [0.2, 0.25) is 0 Å². The van der Waals surface area contributed by atoms with Gasteiger partial charge in [0.05, 0.1) is 18.5 Å². The Kier molecular flexibility index (Phi) is 2.57. The van der Waals surface area contributed by atoms with Crippen molar-refractivity contribution in [2.45, 2.75) is 38.2 Å². The van der Waals surface area contributed by atoms with E-state index in [1.54, 1.807) is 0 Å². The standard InChI is InChI=1S/C9H17NO3S/c10-14(11,12)6-8-5-9(7-13-8)3-1-2-4-9/h8H,1-7H2,(H2,10,11,12). The molecule has 0 aromatic rings. The van der Waals surface area contributed by atoms with Crippen molar-refractivity contribution in [1.29, 1.82) is 0 Å². The molecule has 4 nitrogen and oxygen atoms in total. The van der Waals surface area contributed by atoms with Gasteiger partial charge in [-0.3, -0.25) is 0 Å². The predicted octanol–water partition coefficient (Wildman–Crippen LogP) is 0.624. The Hall–Kier alpha value is -0.130. The molecule has 0 amide bonds. The van der Waals surface area contributed by atoms with Crippen LogP contribution in [-0.2, 0) is 14.8 Å². The first-order chi connectivity index (χ1) is 6.49. The smallest absolute Gasteiger partial charge is 0.211 e. The summed E-state index contributed by atoms with van der Waals surface area (Å²) in [6.07, 6.45) is 5.60. The molecule has 0 aromatic heterocycles. The molecule has 1 saturated carbocycles. The van der Waals surface area contributed by atoms with E-state index in [2.05, 4.69) is 0 Å². The Balaban J connectivity index is 1.94. The number of hydrogen-bond acceptors (Lipinski definition) is 3. The van der Waals surface area contributed by atoms with Crippen LogP contribution in [0.25, 0.3) is 0 Å². The van der Waals surface area contributed by atoms with Gasteiger partial charge >= 0.3 is 0 Å². The van der Waals surface area contributed by atoms with E-state index in [9.17, 15) is 8.42 Å². The molecule has 0 bridgehead atoms. The van der Waals surface area contributed by atoms with Crippen molar-refractivity contribution in [2.75, 3.05) is 12.4 Å². The molecule has 0 aromatic carbocycles. The summed E-state index contributed by atoms with van der Waals surface area (Å²) in [5.74, 6) is -0.0191. The Labute approximate surface area is 84.9 Å². The number of ether oxygens (including phenoxy) is 1. The lowest BCUT2D eigenvalue weighted by molar-refractivity contribution is 0.108. The third-order valence-corrected chi connectivity index (χ3v) is 4.20. The quantitative estimate of drug-likeness (QED) is 0.740. The van der Waals surface area contributed by atoms with Gasteiger partial charge in [-0.25, -0.2) is 13.6 Å². The van der Waals surface area contributed by atoms with Gasteiger partial charge in [-0.2, -0.15) is 0 Å². The summed E-state index contributed by atoms with van der Waals surface area (Å²) >= 11 is 0. The summed E-state index contributed by atoms with van der Waals surface area (Å²) in [4.78, 5) is 0. The number of sulfonamides is 1. The van der Waals surface area contributed by atoms with Gasteiger partial charge in [-0.15, -0.1) is 0 Å². The molecule has 5 heteroatoms. The second kappa shape index (κ2) is 3.47. The van der Waals surface area contributed by atoms with E-state index < -0.39 is 10.0 Å². The number of hydrogen-bond donors (Lipinski definition) is 1.